The van der Waals surface area contributed by atoms with Gasteiger partial charge in [-0.15, -0.1) is 0 Å². The lowest BCUT2D eigenvalue weighted by Gasteiger charge is -2.18. The number of primary amides is 1. The van der Waals surface area contributed by atoms with Crippen LogP contribution in [0.3, 0.4) is 0 Å². The first-order valence-electron chi connectivity index (χ1n) is 6.07. The Labute approximate surface area is 122 Å². The predicted octanol–water partition coefficient (Wildman–Crippen LogP) is 0.280. The molecule has 7 nitrogen and oxygen atoms in total. The van der Waals surface area contributed by atoms with Crippen molar-refractivity contribution in [3.05, 3.63) is 35.9 Å². The number of hydrogen-bond donors (Lipinski definition) is 2. The van der Waals surface area contributed by atoms with Crippen LogP contribution in [0, 0.1) is 0 Å². The summed E-state index contributed by atoms with van der Waals surface area (Å²) in [5.41, 5.74) is 5.58. The molecule has 0 aliphatic heterocycles. The van der Waals surface area contributed by atoms with Crippen molar-refractivity contribution >= 4 is 28.0 Å². The second kappa shape index (κ2) is 7.00. The van der Waals surface area contributed by atoms with Gasteiger partial charge in [0.15, 0.2) is 0 Å². The van der Waals surface area contributed by atoms with Crippen LogP contribution in [0.4, 0.5) is 0 Å². The van der Waals surface area contributed by atoms with Crippen molar-refractivity contribution in [3.63, 3.8) is 0 Å². The average Bonchev–Trinajstić information content (AvgIpc) is 2.42. The number of nitrogens with zero attached hydrogens (tertiary/aromatic N) is 1. The van der Waals surface area contributed by atoms with Gasteiger partial charge in [0.1, 0.15) is 0 Å². The number of likely N-dealkylation sites (N-methyl/N-ethyl adjacent to an activating group) is 1. The fraction of sp³-hybridized carbons (Fsp3) is 0.231. The summed E-state index contributed by atoms with van der Waals surface area (Å²) in [5, 5.41) is 8.51. The predicted molar refractivity (Wildman–Crippen MR) is 76.7 cm³/mol. The topological polar surface area (TPSA) is 118 Å². The zero-order chi connectivity index (χ0) is 16.0. The van der Waals surface area contributed by atoms with Crippen LogP contribution in [0.2, 0.25) is 0 Å². The number of carbonyl (C=O) groups is 2. The Balaban J connectivity index is 3.03. The molecule has 8 heteroatoms. The Kier molecular flexibility index (Phi) is 5.62. The van der Waals surface area contributed by atoms with Crippen LogP contribution in [-0.2, 0) is 19.6 Å². The molecule has 0 spiro atoms. The summed E-state index contributed by atoms with van der Waals surface area (Å²) in [6.07, 6.45) is 2.30. The monoisotopic (exact) mass is 312 g/mol. The molecular weight excluding hydrogens is 296 g/mol. The van der Waals surface area contributed by atoms with Gasteiger partial charge in [-0.25, -0.2) is 13.2 Å². The summed E-state index contributed by atoms with van der Waals surface area (Å²) < 4.78 is 25.5. The van der Waals surface area contributed by atoms with E-state index in [1.807, 2.05) is 0 Å². The first kappa shape index (κ1) is 16.9. The smallest absolute Gasteiger partial charge is 0.328 e. The molecule has 21 heavy (non-hydrogen) atoms. The lowest BCUT2D eigenvalue weighted by atomic mass is 10.2. The number of benzene rings is 1. The maximum absolute atomic E-state index is 12.3. The molecule has 0 radical (unpaired) electrons. The quantitative estimate of drug-likeness (QED) is 0.701. The first-order valence-corrected chi connectivity index (χ1v) is 7.51. The molecule has 0 unspecified atom stereocenters. The molecule has 0 fully saturated rings. The van der Waals surface area contributed by atoms with Crippen molar-refractivity contribution in [1.29, 1.82) is 0 Å². The molecule has 1 aromatic carbocycles. The van der Waals surface area contributed by atoms with Crippen molar-refractivity contribution in [1.82, 2.24) is 4.31 Å². The molecule has 1 amide bonds. The molecule has 114 valence electrons. The third-order valence-corrected chi connectivity index (χ3v) is 4.56. The number of rotatable bonds is 7. The number of aliphatic carboxylic acids is 1. The van der Waals surface area contributed by atoms with Crippen LogP contribution >= 0.6 is 0 Å². The van der Waals surface area contributed by atoms with E-state index in [4.69, 9.17) is 10.8 Å². The normalized spacial score (nSPS) is 11.9. The molecule has 1 rings (SSSR count). The van der Waals surface area contributed by atoms with Crippen molar-refractivity contribution in [2.75, 3.05) is 13.1 Å². The largest absolute Gasteiger partial charge is 0.478 e. The number of nitrogens with two attached hydrogens (primary N) is 1. The van der Waals surface area contributed by atoms with Crippen LogP contribution < -0.4 is 5.73 Å². The number of sulfonamides is 1. The van der Waals surface area contributed by atoms with E-state index in [0.29, 0.717) is 5.56 Å². The van der Waals surface area contributed by atoms with E-state index in [0.717, 1.165) is 10.4 Å². The molecule has 1 aromatic rings. The SMILES string of the molecule is CCN(CC(N)=O)S(=O)(=O)c1ccc(/C=C/C(=O)O)cc1. The molecular formula is C13H16N2O5S. The molecule has 0 aromatic heterocycles. The maximum Gasteiger partial charge on any atom is 0.328 e. The van der Waals surface area contributed by atoms with E-state index in [-0.39, 0.29) is 18.0 Å². The molecule has 0 aliphatic carbocycles. The van der Waals surface area contributed by atoms with E-state index in [9.17, 15) is 18.0 Å². The zero-order valence-electron chi connectivity index (χ0n) is 11.4. The molecule has 0 atom stereocenters. The number of carbonyl (C=O) groups excluding carboxylic acids is 1. The van der Waals surface area contributed by atoms with Crippen molar-refractivity contribution in [2.24, 2.45) is 5.73 Å². The molecule has 3 N–H and O–H groups in total. The Morgan fingerprint density at radius 1 is 1.29 bits per heavy atom. The third-order valence-electron chi connectivity index (χ3n) is 2.62. The number of amides is 1. The third kappa shape index (κ3) is 4.69. The van der Waals surface area contributed by atoms with Crippen molar-refractivity contribution in [3.8, 4) is 0 Å². The summed E-state index contributed by atoms with van der Waals surface area (Å²) in [5.74, 6) is -1.83. The molecule has 0 aliphatic rings. The maximum atomic E-state index is 12.3. The molecule has 0 saturated carbocycles. The average molecular weight is 312 g/mol. The van der Waals surface area contributed by atoms with Crippen molar-refractivity contribution in [2.45, 2.75) is 11.8 Å². The summed E-state index contributed by atoms with van der Waals surface area (Å²) in [6, 6.07) is 5.65. The Bertz CT molecular complexity index is 650. The minimum Gasteiger partial charge on any atom is -0.478 e. The van der Waals surface area contributed by atoms with Gasteiger partial charge in [0.25, 0.3) is 0 Å². The zero-order valence-corrected chi connectivity index (χ0v) is 12.2. The minimum atomic E-state index is -3.80. The highest BCUT2D eigenvalue weighted by molar-refractivity contribution is 7.89. The summed E-state index contributed by atoms with van der Waals surface area (Å²) in [7, 11) is -3.80. The van der Waals surface area contributed by atoms with Gasteiger partial charge in [-0.2, -0.15) is 4.31 Å². The van der Waals surface area contributed by atoms with Gasteiger partial charge in [-0.3, -0.25) is 4.79 Å². The number of carboxylic acids is 1. The highest BCUT2D eigenvalue weighted by Crippen LogP contribution is 2.16. The number of carboxylic acid groups (broad SMARTS) is 1. The van der Waals surface area contributed by atoms with Crippen LogP contribution in [0.5, 0.6) is 0 Å². The highest BCUT2D eigenvalue weighted by Gasteiger charge is 2.24. The number of hydrogen-bond acceptors (Lipinski definition) is 4. The van der Waals surface area contributed by atoms with E-state index >= 15 is 0 Å². The minimum absolute atomic E-state index is 0.0121. The van der Waals surface area contributed by atoms with E-state index in [1.165, 1.54) is 30.3 Å². The van der Waals surface area contributed by atoms with Gasteiger partial charge in [0.2, 0.25) is 15.9 Å². The molecule has 0 saturated heterocycles. The van der Waals surface area contributed by atoms with Gasteiger partial charge in [-0.05, 0) is 23.8 Å². The Morgan fingerprint density at radius 2 is 1.86 bits per heavy atom. The van der Waals surface area contributed by atoms with Crippen LogP contribution in [0.25, 0.3) is 6.08 Å². The Morgan fingerprint density at radius 3 is 2.29 bits per heavy atom. The van der Waals surface area contributed by atoms with Crippen molar-refractivity contribution < 1.29 is 23.1 Å². The lowest BCUT2D eigenvalue weighted by molar-refractivity contribution is -0.131. The van der Waals surface area contributed by atoms with E-state index in [2.05, 4.69) is 0 Å². The molecule has 0 bridgehead atoms. The van der Waals surface area contributed by atoms with E-state index < -0.39 is 21.9 Å². The highest BCUT2D eigenvalue weighted by atomic mass is 32.2. The van der Waals surface area contributed by atoms with Crippen LogP contribution in [-0.4, -0.2) is 42.8 Å². The molecule has 0 heterocycles. The lowest BCUT2D eigenvalue weighted by Crippen LogP contribution is -2.38. The fourth-order valence-electron chi connectivity index (χ4n) is 1.61. The van der Waals surface area contributed by atoms with Gasteiger partial charge in [0, 0.05) is 12.6 Å². The fourth-order valence-corrected chi connectivity index (χ4v) is 3.02. The van der Waals surface area contributed by atoms with Gasteiger partial charge >= 0.3 is 5.97 Å². The van der Waals surface area contributed by atoms with Gasteiger partial charge < -0.3 is 10.8 Å². The second-order valence-electron chi connectivity index (χ2n) is 4.14. The summed E-state index contributed by atoms with van der Waals surface area (Å²) >= 11 is 0. The van der Waals surface area contributed by atoms with E-state index in [1.54, 1.807) is 6.92 Å². The Hall–Kier alpha value is -2.19. The second-order valence-corrected chi connectivity index (χ2v) is 6.08. The summed E-state index contributed by atoms with van der Waals surface area (Å²) in [6.45, 7) is 1.33. The van der Waals surface area contributed by atoms with Gasteiger partial charge in [0.05, 0.1) is 11.4 Å². The van der Waals surface area contributed by atoms with Crippen LogP contribution in [0.15, 0.2) is 35.2 Å². The summed E-state index contributed by atoms with van der Waals surface area (Å²) in [4.78, 5) is 21.3. The van der Waals surface area contributed by atoms with Crippen LogP contribution in [0.1, 0.15) is 12.5 Å². The standard InChI is InChI=1S/C13H16N2O5S/c1-2-15(9-12(14)16)21(19,20)11-6-3-10(4-7-11)5-8-13(17)18/h3-8H,2,9H2,1H3,(H2,14,16)(H,17,18)/b8-5+. The van der Waals surface area contributed by atoms with Gasteiger partial charge in [-0.1, -0.05) is 19.1 Å². The first-order chi connectivity index (χ1) is 9.77.